The molecule has 1 atom stereocenters. The van der Waals surface area contributed by atoms with Gasteiger partial charge in [0.1, 0.15) is 18.3 Å². The Kier molecular flexibility index (Phi) is 7.44. The Balaban J connectivity index is 0.00000117. The minimum atomic E-state index is -0.862. The predicted octanol–water partition coefficient (Wildman–Crippen LogP) is 5.51. The first kappa shape index (κ1) is 19.3. The molecule has 0 spiro atoms. The van der Waals surface area contributed by atoms with Crippen molar-refractivity contribution in [2.75, 3.05) is 0 Å². The van der Waals surface area contributed by atoms with Gasteiger partial charge in [-0.25, -0.2) is 0 Å². The van der Waals surface area contributed by atoms with Gasteiger partial charge in [-0.05, 0) is 28.8 Å². The van der Waals surface area contributed by atoms with Gasteiger partial charge >= 0.3 is 5.97 Å². The summed E-state index contributed by atoms with van der Waals surface area (Å²) in [7, 11) is 0. The van der Waals surface area contributed by atoms with Crippen LogP contribution in [-0.2, 0) is 11.4 Å². The van der Waals surface area contributed by atoms with E-state index >= 15 is 0 Å². The summed E-state index contributed by atoms with van der Waals surface area (Å²) in [5.41, 5.74) is 2.60. The van der Waals surface area contributed by atoms with E-state index < -0.39 is 11.9 Å². The van der Waals surface area contributed by atoms with Crippen LogP contribution in [0.3, 0.4) is 0 Å². The lowest BCUT2D eigenvalue weighted by Crippen LogP contribution is -2.12. The van der Waals surface area contributed by atoms with E-state index in [9.17, 15) is 9.90 Å². The van der Waals surface area contributed by atoms with Crippen molar-refractivity contribution in [1.29, 1.82) is 0 Å². The normalized spacial score (nSPS) is 11.0. The minimum Gasteiger partial charge on any atom is -0.489 e. The number of hydrogen-bond donors (Lipinski definition) is 1. The molecular weight excluding hydrogens is 324 g/mol. The maximum atomic E-state index is 11.7. The Hall–Kier alpha value is -3.07. The first-order valence-corrected chi connectivity index (χ1v) is 8.78. The SMILES string of the molecule is CC.O=C(O)C(c1ccccc1)c1ccc(OCc2ccccc2)cc1. The lowest BCUT2D eigenvalue weighted by atomic mass is 9.91. The van der Waals surface area contributed by atoms with E-state index in [1.54, 1.807) is 0 Å². The molecule has 0 saturated carbocycles. The Morgan fingerprint density at radius 2 is 1.31 bits per heavy atom. The predicted molar refractivity (Wildman–Crippen MR) is 104 cm³/mol. The first-order valence-electron chi connectivity index (χ1n) is 8.78. The molecular formula is C23H24O3. The molecule has 1 N–H and O–H groups in total. The number of aliphatic carboxylic acids is 1. The number of carboxylic acid groups (broad SMARTS) is 1. The maximum Gasteiger partial charge on any atom is 0.315 e. The van der Waals surface area contributed by atoms with Gasteiger partial charge in [-0.2, -0.15) is 0 Å². The lowest BCUT2D eigenvalue weighted by Gasteiger charge is -2.14. The molecule has 0 aliphatic rings. The topological polar surface area (TPSA) is 46.5 Å². The summed E-state index contributed by atoms with van der Waals surface area (Å²) < 4.78 is 5.75. The van der Waals surface area contributed by atoms with Crippen LogP contribution in [0.4, 0.5) is 0 Å². The average molecular weight is 348 g/mol. The largest absolute Gasteiger partial charge is 0.489 e. The van der Waals surface area contributed by atoms with Crippen molar-refractivity contribution in [1.82, 2.24) is 0 Å². The molecule has 3 aromatic rings. The van der Waals surface area contributed by atoms with Crippen LogP contribution in [0.1, 0.15) is 36.5 Å². The standard InChI is InChI=1S/C21H18O3.C2H6/c22-21(23)20(17-9-5-2-6-10-17)18-11-13-19(14-12-18)24-15-16-7-3-1-4-8-16;1-2/h1-14,20H,15H2,(H,22,23);1-2H3. The molecule has 0 bridgehead atoms. The molecule has 3 rings (SSSR count). The summed E-state index contributed by atoms with van der Waals surface area (Å²) in [6.45, 7) is 4.49. The maximum absolute atomic E-state index is 11.7. The van der Waals surface area contributed by atoms with Crippen LogP contribution in [0, 0.1) is 0 Å². The Morgan fingerprint density at radius 1 is 0.808 bits per heavy atom. The molecule has 3 nitrogen and oxygen atoms in total. The third kappa shape index (κ3) is 5.21. The average Bonchev–Trinajstić information content (AvgIpc) is 2.70. The number of benzene rings is 3. The van der Waals surface area contributed by atoms with E-state index in [2.05, 4.69) is 0 Å². The van der Waals surface area contributed by atoms with Crippen LogP contribution in [-0.4, -0.2) is 11.1 Å². The van der Waals surface area contributed by atoms with Gasteiger partial charge in [0, 0.05) is 0 Å². The molecule has 0 fully saturated rings. The van der Waals surface area contributed by atoms with E-state index in [1.807, 2.05) is 98.8 Å². The summed E-state index contributed by atoms with van der Waals surface area (Å²) in [5.74, 6) is -0.812. The van der Waals surface area contributed by atoms with Crippen molar-refractivity contribution < 1.29 is 14.6 Å². The summed E-state index contributed by atoms with van der Waals surface area (Å²) in [4.78, 5) is 11.7. The number of rotatable bonds is 6. The van der Waals surface area contributed by atoms with E-state index in [0.717, 1.165) is 22.4 Å². The molecule has 26 heavy (non-hydrogen) atoms. The summed E-state index contributed by atoms with van der Waals surface area (Å²) in [5, 5.41) is 9.57. The zero-order valence-electron chi connectivity index (χ0n) is 15.1. The molecule has 0 heterocycles. The van der Waals surface area contributed by atoms with Gasteiger partial charge < -0.3 is 9.84 Å². The van der Waals surface area contributed by atoms with E-state index in [1.165, 1.54) is 0 Å². The second kappa shape index (κ2) is 10.0. The van der Waals surface area contributed by atoms with Crippen LogP contribution >= 0.6 is 0 Å². The van der Waals surface area contributed by atoms with E-state index in [4.69, 9.17) is 4.74 Å². The quantitative estimate of drug-likeness (QED) is 0.639. The third-order valence-corrected chi connectivity index (χ3v) is 3.84. The van der Waals surface area contributed by atoms with E-state index in [-0.39, 0.29) is 0 Å². The van der Waals surface area contributed by atoms with Crippen molar-refractivity contribution in [2.45, 2.75) is 26.4 Å². The minimum absolute atomic E-state index is 0.487. The molecule has 1 unspecified atom stereocenters. The Bertz CT molecular complexity index is 781. The fraction of sp³-hybridized carbons (Fsp3) is 0.174. The number of ether oxygens (including phenoxy) is 1. The zero-order chi connectivity index (χ0) is 18.8. The molecule has 0 saturated heterocycles. The lowest BCUT2D eigenvalue weighted by molar-refractivity contribution is -0.137. The van der Waals surface area contributed by atoms with Crippen LogP contribution < -0.4 is 4.74 Å². The number of carbonyl (C=O) groups is 1. The molecule has 0 amide bonds. The van der Waals surface area contributed by atoms with Gasteiger partial charge in [0.05, 0.1) is 0 Å². The van der Waals surface area contributed by atoms with Crippen LogP contribution in [0.2, 0.25) is 0 Å². The molecule has 3 heteroatoms. The highest BCUT2D eigenvalue weighted by Crippen LogP contribution is 2.26. The molecule has 0 radical (unpaired) electrons. The number of carboxylic acids is 1. The highest BCUT2D eigenvalue weighted by Gasteiger charge is 2.21. The molecule has 0 aliphatic carbocycles. The van der Waals surface area contributed by atoms with Crippen molar-refractivity contribution in [3.63, 3.8) is 0 Å². The highest BCUT2D eigenvalue weighted by atomic mass is 16.5. The molecule has 0 aliphatic heterocycles. The Morgan fingerprint density at radius 3 is 1.85 bits per heavy atom. The third-order valence-electron chi connectivity index (χ3n) is 3.84. The van der Waals surface area contributed by atoms with Gasteiger partial charge in [0.2, 0.25) is 0 Å². The molecule has 0 aromatic heterocycles. The fourth-order valence-electron chi connectivity index (χ4n) is 2.62. The van der Waals surface area contributed by atoms with Gasteiger partial charge in [0.15, 0.2) is 0 Å². The molecule has 134 valence electrons. The highest BCUT2D eigenvalue weighted by molar-refractivity contribution is 5.80. The van der Waals surface area contributed by atoms with Crippen molar-refractivity contribution in [3.05, 3.63) is 102 Å². The fourth-order valence-corrected chi connectivity index (χ4v) is 2.62. The van der Waals surface area contributed by atoms with Gasteiger partial charge in [-0.15, -0.1) is 0 Å². The van der Waals surface area contributed by atoms with Crippen molar-refractivity contribution in [3.8, 4) is 5.75 Å². The van der Waals surface area contributed by atoms with Crippen LogP contribution in [0.5, 0.6) is 5.75 Å². The van der Waals surface area contributed by atoms with Gasteiger partial charge in [-0.1, -0.05) is 86.6 Å². The second-order valence-electron chi connectivity index (χ2n) is 5.53. The first-order chi connectivity index (χ1) is 12.7. The van der Waals surface area contributed by atoms with E-state index in [0.29, 0.717) is 6.61 Å². The van der Waals surface area contributed by atoms with Crippen LogP contribution in [0.25, 0.3) is 0 Å². The monoisotopic (exact) mass is 348 g/mol. The summed E-state index contributed by atoms with van der Waals surface area (Å²) >= 11 is 0. The van der Waals surface area contributed by atoms with Gasteiger partial charge in [-0.3, -0.25) is 4.79 Å². The molecule has 3 aromatic carbocycles. The smallest absolute Gasteiger partial charge is 0.315 e. The summed E-state index contributed by atoms with van der Waals surface area (Å²) in [6.07, 6.45) is 0. The van der Waals surface area contributed by atoms with Crippen LogP contribution in [0.15, 0.2) is 84.9 Å². The number of hydrogen-bond acceptors (Lipinski definition) is 2. The zero-order valence-corrected chi connectivity index (χ0v) is 15.1. The Labute approximate surface area is 154 Å². The summed E-state index contributed by atoms with van der Waals surface area (Å²) in [6, 6.07) is 26.4. The van der Waals surface area contributed by atoms with Gasteiger partial charge in [0.25, 0.3) is 0 Å². The van der Waals surface area contributed by atoms with Crippen molar-refractivity contribution >= 4 is 5.97 Å². The van der Waals surface area contributed by atoms with Crippen molar-refractivity contribution in [2.24, 2.45) is 0 Å². The second-order valence-corrected chi connectivity index (χ2v) is 5.53.